The quantitative estimate of drug-likeness (QED) is 0.427. The molecule has 0 aliphatic carbocycles. The minimum atomic E-state index is -0.371. The lowest BCUT2D eigenvalue weighted by molar-refractivity contribution is 0.104. The number of pyridine rings is 1. The molecule has 8 nitrogen and oxygen atoms in total. The lowest BCUT2D eigenvalue weighted by Crippen LogP contribution is -2.18. The standard InChI is InChI=1S/C23H22N6O2/c1-26-12-16-3-5-17(6-4-16)19(25)11-22(30)21-14-27-13-20(28-21)18-7-8-23(31)29(15-18)10-2-9-24/h3-8,11,13-15,26H,2,10,12,25H2,1H3. The van der Waals surface area contributed by atoms with Crippen molar-refractivity contribution in [3.05, 3.63) is 88.2 Å². The fourth-order valence-electron chi connectivity index (χ4n) is 2.97. The van der Waals surface area contributed by atoms with Crippen molar-refractivity contribution >= 4 is 11.5 Å². The summed E-state index contributed by atoms with van der Waals surface area (Å²) in [6, 6.07) is 12.6. The van der Waals surface area contributed by atoms with Crippen molar-refractivity contribution in [1.82, 2.24) is 19.9 Å². The van der Waals surface area contributed by atoms with Gasteiger partial charge in [-0.1, -0.05) is 24.3 Å². The Bertz CT molecular complexity index is 1210. The van der Waals surface area contributed by atoms with Gasteiger partial charge in [-0.25, -0.2) is 4.98 Å². The van der Waals surface area contributed by atoms with Crippen LogP contribution in [0.1, 0.15) is 28.0 Å². The fourth-order valence-corrected chi connectivity index (χ4v) is 2.97. The largest absolute Gasteiger partial charge is 0.398 e. The molecule has 2 heterocycles. The molecule has 8 heteroatoms. The highest BCUT2D eigenvalue weighted by atomic mass is 16.1. The number of nitriles is 1. The summed E-state index contributed by atoms with van der Waals surface area (Å²) in [6.07, 6.45) is 6.03. The first-order valence-corrected chi connectivity index (χ1v) is 9.67. The van der Waals surface area contributed by atoms with Gasteiger partial charge in [0.1, 0.15) is 5.69 Å². The predicted molar refractivity (Wildman–Crippen MR) is 118 cm³/mol. The lowest BCUT2D eigenvalue weighted by atomic mass is 10.1. The predicted octanol–water partition coefficient (Wildman–Crippen LogP) is 2.12. The highest BCUT2D eigenvalue weighted by Gasteiger charge is 2.10. The molecule has 0 saturated heterocycles. The van der Waals surface area contributed by atoms with E-state index in [-0.39, 0.29) is 30.0 Å². The monoisotopic (exact) mass is 414 g/mol. The van der Waals surface area contributed by atoms with Crippen molar-refractivity contribution in [2.24, 2.45) is 5.73 Å². The van der Waals surface area contributed by atoms with Gasteiger partial charge in [-0.15, -0.1) is 0 Å². The van der Waals surface area contributed by atoms with Crippen LogP contribution in [0.2, 0.25) is 0 Å². The first-order chi connectivity index (χ1) is 15.0. The van der Waals surface area contributed by atoms with Gasteiger partial charge in [0, 0.05) is 42.7 Å². The molecule has 0 bridgehead atoms. The highest BCUT2D eigenvalue weighted by Crippen LogP contribution is 2.16. The number of hydrogen-bond donors (Lipinski definition) is 2. The number of nitrogens with zero attached hydrogens (tertiary/aromatic N) is 4. The van der Waals surface area contributed by atoms with E-state index in [4.69, 9.17) is 11.0 Å². The van der Waals surface area contributed by atoms with Crippen molar-refractivity contribution < 1.29 is 4.79 Å². The summed E-state index contributed by atoms with van der Waals surface area (Å²) < 4.78 is 1.43. The summed E-state index contributed by atoms with van der Waals surface area (Å²) in [5.74, 6) is -0.371. The maximum atomic E-state index is 12.7. The Labute approximate surface area is 179 Å². The Morgan fingerprint density at radius 3 is 2.71 bits per heavy atom. The normalized spacial score (nSPS) is 11.2. The maximum absolute atomic E-state index is 12.7. The summed E-state index contributed by atoms with van der Waals surface area (Å²) in [7, 11) is 1.87. The Morgan fingerprint density at radius 2 is 2.00 bits per heavy atom. The summed E-state index contributed by atoms with van der Waals surface area (Å²) >= 11 is 0. The topological polar surface area (TPSA) is 127 Å². The average Bonchev–Trinajstić information content (AvgIpc) is 2.79. The number of nitrogens with two attached hydrogens (primary N) is 1. The van der Waals surface area contributed by atoms with E-state index in [1.165, 1.54) is 29.1 Å². The van der Waals surface area contributed by atoms with Gasteiger partial charge < -0.3 is 15.6 Å². The smallest absolute Gasteiger partial charge is 0.250 e. The van der Waals surface area contributed by atoms with Crippen LogP contribution < -0.4 is 16.6 Å². The number of aromatic nitrogens is 3. The molecule has 0 unspecified atom stereocenters. The van der Waals surface area contributed by atoms with Gasteiger partial charge >= 0.3 is 0 Å². The van der Waals surface area contributed by atoms with Gasteiger partial charge in [0.25, 0.3) is 5.56 Å². The second-order valence-corrected chi connectivity index (χ2v) is 6.84. The van der Waals surface area contributed by atoms with Gasteiger partial charge in [0.15, 0.2) is 0 Å². The zero-order valence-electron chi connectivity index (χ0n) is 17.1. The van der Waals surface area contributed by atoms with Crippen LogP contribution in [0, 0.1) is 11.3 Å². The first kappa shape index (κ1) is 21.6. The fraction of sp³-hybridized carbons (Fsp3) is 0.174. The van der Waals surface area contributed by atoms with E-state index >= 15 is 0 Å². The van der Waals surface area contributed by atoms with E-state index in [0.29, 0.717) is 17.0 Å². The molecule has 0 aliphatic rings. The van der Waals surface area contributed by atoms with Crippen LogP contribution in [-0.4, -0.2) is 27.4 Å². The van der Waals surface area contributed by atoms with Crippen LogP contribution in [0.3, 0.4) is 0 Å². The van der Waals surface area contributed by atoms with E-state index < -0.39 is 0 Å². The van der Waals surface area contributed by atoms with E-state index in [1.807, 2.05) is 37.4 Å². The van der Waals surface area contributed by atoms with Gasteiger partial charge in [-0.05, 0) is 24.2 Å². The number of carbonyl (C=O) groups is 1. The van der Waals surface area contributed by atoms with Crippen LogP contribution in [0.4, 0.5) is 0 Å². The zero-order chi connectivity index (χ0) is 22.2. The number of benzene rings is 1. The molecule has 31 heavy (non-hydrogen) atoms. The number of ketones is 1. The highest BCUT2D eigenvalue weighted by molar-refractivity contribution is 6.07. The molecular formula is C23H22N6O2. The van der Waals surface area contributed by atoms with Crippen molar-refractivity contribution in [2.45, 2.75) is 19.5 Å². The van der Waals surface area contributed by atoms with Gasteiger partial charge in [-0.2, -0.15) is 5.26 Å². The van der Waals surface area contributed by atoms with Crippen LogP contribution >= 0.6 is 0 Å². The molecule has 1 aromatic carbocycles. The summed E-state index contributed by atoms with van der Waals surface area (Å²) in [5.41, 5.74) is 9.28. The molecule has 3 rings (SSSR count). The Morgan fingerprint density at radius 1 is 1.23 bits per heavy atom. The van der Waals surface area contributed by atoms with Crippen LogP contribution in [-0.2, 0) is 13.1 Å². The number of hydrogen-bond acceptors (Lipinski definition) is 7. The molecule has 3 N–H and O–H groups in total. The molecule has 3 aromatic rings. The molecule has 0 fully saturated rings. The van der Waals surface area contributed by atoms with Crippen LogP contribution in [0.5, 0.6) is 0 Å². The molecule has 0 radical (unpaired) electrons. The van der Waals surface area contributed by atoms with E-state index in [0.717, 1.165) is 17.7 Å². The van der Waals surface area contributed by atoms with Gasteiger partial charge in [0.05, 0.1) is 30.6 Å². The van der Waals surface area contributed by atoms with Crippen molar-refractivity contribution in [1.29, 1.82) is 5.26 Å². The average molecular weight is 414 g/mol. The minimum absolute atomic E-state index is 0.141. The van der Waals surface area contributed by atoms with Crippen molar-refractivity contribution in [3.8, 4) is 17.3 Å². The number of carbonyl (C=O) groups excluding carboxylic acids is 1. The number of allylic oxidation sites excluding steroid dienone is 1. The Balaban J connectivity index is 1.84. The first-order valence-electron chi connectivity index (χ1n) is 9.67. The lowest BCUT2D eigenvalue weighted by Gasteiger charge is -2.07. The van der Waals surface area contributed by atoms with E-state index in [9.17, 15) is 9.59 Å². The molecule has 0 saturated carbocycles. The SMILES string of the molecule is CNCc1ccc(C(N)=CC(=O)c2cncc(-c3ccc(=O)n(CCC#N)c3)n2)cc1. The molecular weight excluding hydrogens is 392 g/mol. The molecule has 2 aromatic heterocycles. The summed E-state index contributed by atoms with van der Waals surface area (Å²) in [5, 5.41) is 11.8. The third kappa shape index (κ3) is 5.50. The second-order valence-electron chi connectivity index (χ2n) is 6.84. The van der Waals surface area contributed by atoms with Crippen LogP contribution in [0.15, 0.2) is 65.9 Å². The van der Waals surface area contributed by atoms with Crippen molar-refractivity contribution in [2.75, 3.05) is 7.05 Å². The van der Waals surface area contributed by atoms with Gasteiger partial charge in [0.2, 0.25) is 5.78 Å². The van der Waals surface area contributed by atoms with Crippen molar-refractivity contribution in [3.63, 3.8) is 0 Å². The zero-order valence-corrected chi connectivity index (χ0v) is 17.1. The second kappa shape index (κ2) is 10.1. The molecule has 156 valence electrons. The molecule has 0 amide bonds. The molecule has 0 atom stereocenters. The summed E-state index contributed by atoms with van der Waals surface area (Å²) in [6.45, 7) is 1.02. The Hall–Kier alpha value is -4.09. The maximum Gasteiger partial charge on any atom is 0.250 e. The van der Waals surface area contributed by atoms with E-state index in [1.54, 1.807) is 12.3 Å². The minimum Gasteiger partial charge on any atom is -0.398 e. The molecule has 0 aliphatic heterocycles. The molecule has 0 spiro atoms. The van der Waals surface area contributed by atoms with Crippen LogP contribution in [0.25, 0.3) is 17.0 Å². The third-order valence-electron chi connectivity index (χ3n) is 4.59. The van der Waals surface area contributed by atoms with Gasteiger partial charge in [-0.3, -0.25) is 14.6 Å². The third-order valence-corrected chi connectivity index (χ3v) is 4.59. The number of aryl methyl sites for hydroxylation is 1. The number of nitrogens with one attached hydrogen (secondary N) is 1. The Kier molecular flexibility index (Phi) is 7.04. The number of rotatable bonds is 8. The van der Waals surface area contributed by atoms with E-state index in [2.05, 4.69) is 15.3 Å². The summed E-state index contributed by atoms with van der Waals surface area (Å²) in [4.78, 5) is 33.1.